The second-order valence-corrected chi connectivity index (χ2v) is 3.71. The lowest BCUT2D eigenvalue weighted by Gasteiger charge is -2.12. The van der Waals surface area contributed by atoms with Crippen molar-refractivity contribution >= 4 is 17.6 Å². The van der Waals surface area contributed by atoms with Gasteiger partial charge in [-0.2, -0.15) is 0 Å². The van der Waals surface area contributed by atoms with Crippen LogP contribution in [0, 0.1) is 0 Å². The molecule has 1 aliphatic carbocycles. The number of carbonyl (C=O) groups is 1. The Bertz CT molecular complexity index is 330. The molecule has 2 rings (SSSR count). The van der Waals surface area contributed by atoms with Crippen LogP contribution >= 0.6 is 11.6 Å². The highest BCUT2D eigenvalue weighted by Gasteiger charge is 2.52. The van der Waals surface area contributed by atoms with Gasteiger partial charge in [0.1, 0.15) is 0 Å². The molecular formula is C11H11ClO2. The van der Waals surface area contributed by atoms with Crippen LogP contribution in [-0.2, 0) is 14.9 Å². The fraction of sp³-hybridized carbons (Fsp3) is 0.364. The van der Waals surface area contributed by atoms with Crippen molar-refractivity contribution in [2.24, 2.45) is 0 Å². The van der Waals surface area contributed by atoms with E-state index in [-0.39, 0.29) is 12.0 Å². The average molecular weight is 211 g/mol. The first-order valence-electron chi connectivity index (χ1n) is 4.58. The Kier molecular flexibility index (Phi) is 2.46. The fourth-order valence-corrected chi connectivity index (χ4v) is 1.78. The molecule has 0 N–H and O–H groups in total. The van der Waals surface area contributed by atoms with Crippen LogP contribution in [0.3, 0.4) is 0 Å². The van der Waals surface area contributed by atoms with Crippen molar-refractivity contribution in [3.05, 3.63) is 35.9 Å². The molecule has 14 heavy (non-hydrogen) atoms. The smallest absolute Gasteiger partial charge is 0.317 e. The lowest BCUT2D eigenvalue weighted by Crippen LogP contribution is -2.22. The number of rotatable bonds is 3. The predicted octanol–water partition coefficient (Wildman–Crippen LogP) is 2.46. The van der Waals surface area contributed by atoms with E-state index in [2.05, 4.69) is 0 Å². The zero-order valence-corrected chi connectivity index (χ0v) is 8.46. The molecule has 0 spiro atoms. The van der Waals surface area contributed by atoms with Crippen LogP contribution in [0.25, 0.3) is 0 Å². The van der Waals surface area contributed by atoms with E-state index in [1.165, 1.54) is 0 Å². The highest BCUT2D eigenvalue weighted by Crippen LogP contribution is 2.49. The fourth-order valence-electron chi connectivity index (χ4n) is 1.68. The Morgan fingerprint density at radius 3 is 2.50 bits per heavy atom. The van der Waals surface area contributed by atoms with Crippen LogP contribution in [-0.4, -0.2) is 12.0 Å². The maximum absolute atomic E-state index is 11.6. The summed E-state index contributed by atoms with van der Waals surface area (Å²) in [5.41, 5.74) is 0.644. The van der Waals surface area contributed by atoms with Gasteiger partial charge in [-0.05, 0) is 18.4 Å². The minimum atomic E-state index is -0.393. The molecule has 1 aliphatic rings. The number of carbonyl (C=O) groups excluding carboxylic acids is 1. The van der Waals surface area contributed by atoms with Crippen molar-refractivity contribution in [2.75, 3.05) is 6.07 Å². The van der Waals surface area contributed by atoms with E-state index in [0.29, 0.717) is 0 Å². The number of halogens is 1. The Morgan fingerprint density at radius 2 is 2.00 bits per heavy atom. The minimum Gasteiger partial charge on any atom is -0.449 e. The summed E-state index contributed by atoms with van der Waals surface area (Å²) in [6.07, 6.45) is 1.74. The number of benzene rings is 1. The molecule has 0 atom stereocenters. The highest BCUT2D eigenvalue weighted by molar-refractivity contribution is 6.17. The third-order valence-corrected chi connectivity index (χ3v) is 2.76. The van der Waals surface area contributed by atoms with E-state index in [1.54, 1.807) is 0 Å². The van der Waals surface area contributed by atoms with E-state index >= 15 is 0 Å². The van der Waals surface area contributed by atoms with Gasteiger partial charge in [0.15, 0.2) is 6.07 Å². The number of ether oxygens (including phenoxy) is 1. The summed E-state index contributed by atoms with van der Waals surface area (Å²) in [7, 11) is 0. The molecule has 74 valence electrons. The first-order chi connectivity index (χ1) is 6.79. The molecule has 0 aliphatic heterocycles. The third kappa shape index (κ3) is 1.50. The molecule has 1 aromatic rings. The lowest BCUT2D eigenvalue weighted by molar-refractivity contribution is -0.144. The van der Waals surface area contributed by atoms with Gasteiger partial charge in [0.25, 0.3) is 0 Å². The first kappa shape index (κ1) is 9.53. The van der Waals surface area contributed by atoms with Gasteiger partial charge in [0, 0.05) is 0 Å². The lowest BCUT2D eigenvalue weighted by atomic mass is 9.96. The second kappa shape index (κ2) is 3.62. The zero-order chi connectivity index (χ0) is 10.0. The van der Waals surface area contributed by atoms with Crippen molar-refractivity contribution in [2.45, 2.75) is 18.3 Å². The molecule has 0 unspecified atom stereocenters. The normalized spacial score (nSPS) is 17.5. The molecule has 0 bridgehead atoms. The monoisotopic (exact) mass is 210 g/mol. The molecule has 0 heterocycles. The van der Waals surface area contributed by atoms with Gasteiger partial charge in [-0.15, -0.1) is 0 Å². The Balaban J connectivity index is 2.21. The number of hydrogen-bond acceptors (Lipinski definition) is 2. The Morgan fingerprint density at radius 1 is 1.36 bits per heavy atom. The highest BCUT2D eigenvalue weighted by atomic mass is 35.5. The summed E-state index contributed by atoms with van der Waals surface area (Å²) in [6, 6.07) is 9.66. The van der Waals surface area contributed by atoms with Crippen molar-refractivity contribution in [3.8, 4) is 0 Å². The predicted molar refractivity (Wildman–Crippen MR) is 54.2 cm³/mol. The number of esters is 1. The van der Waals surface area contributed by atoms with E-state index in [4.69, 9.17) is 16.3 Å². The largest absolute Gasteiger partial charge is 0.449 e. The van der Waals surface area contributed by atoms with Gasteiger partial charge in [-0.1, -0.05) is 41.9 Å². The second-order valence-electron chi connectivity index (χ2n) is 3.49. The molecule has 1 saturated carbocycles. The van der Waals surface area contributed by atoms with Crippen molar-refractivity contribution in [1.29, 1.82) is 0 Å². The maximum Gasteiger partial charge on any atom is 0.317 e. The zero-order valence-electron chi connectivity index (χ0n) is 7.70. The van der Waals surface area contributed by atoms with Gasteiger partial charge >= 0.3 is 5.97 Å². The van der Waals surface area contributed by atoms with Crippen LogP contribution in [0.2, 0.25) is 0 Å². The van der Waals surface area contributed by atoms with Crippen molar-refractivity contribution in [3.63, 3.8) is 0 Å². The molecule has 2 nitrogen and oxygen atoms in total. The maximum atomic E-state index is 11.6. The standard InChI is InChI=1S/C11H11ClO2/c12-8-14-10(13)11(6-7-11)9-4-2-1-3-5-9/h1-5H,6-8H2. The van der Waals surface area contributed by atoms with Crippen LogP contribution < -0.4 is 0 Å². The van der Waals surface area contributed by atoms with Crippen LogP contribution in [0.1, 0.15) is 18.4 Å². The molecule has 1 aromatic carbocycles. The number of alkyl halides is 1. The topological polar surface area (TPSA) is 26.3 Å². The third-order valence-electron chi connectivity index (χ3n) is 2.65. The van der Waals surface area contributed by atoms with E-state index in [1.807, 2.05) is 30.3 Å². The minimum absolute atomic E-state index is 0.0621. The molecule has 0 aromatic heterocycles. The van der Waals surface area contributed by atoms with Gasteiger partial charge in [-0.3, -0.25) is 4.79 Å². The van der Waals surface area contributed by atoms with Crippen LogP contribution in [0.5, 0.6) is 0 Å². The molecule has 0 amide bonds. The molecule has 0 radical (unpaired) electrons. The van der Waals surface area contributed by atoms with Crippen LogP contribution in [0.4, 0.5) is 0 Å². The SMILES string of the molecule is O=C(OCCl)C1(c2ccccc2)CC1. The summed E-state index contributed by atoms with van der Waals surface area (Å²) in [4.78, 5) is 11.6. The quantitative estimate of drug-likeness (QED) is 0.566. The molecule has 1 fully saturated rings. The van der Waals surface area contributed by atoms with Gasteiger partial charge in [0.05, 0.1) is 5.41 Å². The van der Waals surface area contributed by atoms with Gasteiger partial charge in [-0.25, -0.2) is 0 Å². The average Bonchev–Trinajstić information content (AvgIpc) is 3.00. The molecule has 0 saturated heterocycles. The molecule has 3 heteroatoms. The Labute approximate surface area is 87.8 Å². The summed E-state index contributed by atoms with van der Waals surface area (Å²) < 4.78 is 4.85. The van der Waals surface area contributed by atoms with Crippen molar-refractivity contribution < 1.29 is 9.53 Å². The van der Waals surface area contributed by atoms with Gasteiger partial charge in [0.2, 0.25) is 0 Å². The van der Waals surface area contributed by atoms with E-state index in [9.17, 15) is 4.79 Å². The molecular weight excluding hydrogens is 200 g/mol. The van der Waals surface area contributed by atoms with Crippen LogP contribution in [0.15, 0.2) is 30.3 Å². The summed E-state index contributed by atoms with van der Waals surface area (Å²) in [6.45, 7) is 0. The summed E-state index contributed by atoms with van der Waals surface area (Å²) >= 11 is 5.37. The summed E-state index contributed by atoms with van der Waals surface area (Å²) in [5.74, 6) is -0.196. The number of hydrogen-bond donors (Lipinski definition) is 0. The Hall–Kier alpha value is -1.02. The van der Waals surface area contributed by atoms with E-state index < -0.39 is 5.41 Å². The van der Waals surface area contributed by atoms with E-state index in [0.717, 1.165) is 18.4 Å². The first-order valence-corrected chi connectivity index (χ1v) is 5.12. The summed E-state index contributed by atoms with van der Waals surface area (Å²) in [5, 5.41) is 0. The van der Waals surface area contributed by atoms with Crippen molar-refractivity contribution in [1.82, 2.24) is 0 Å². The van der Waals surface area contributed by atoms with Gasteiger partial charge < -0.3 is 4.74 Å².